The van der Waals surface area contributed by atoms with E-state index in [0.717, 1.165) is 23.4 Å². The zero-order valence-corrected chi connectivity index (χ0v) is 16.5. The predicted molar refractivity (Wildman–Crippen MR) is 105 cm³/mol. The van der Waals surface area contributed by atoms with E-state index in [4.69, 9.17) is 11.6 Å². The third kappa shape index (κ3) is 4.32. The van der Waals surface area contributed by atoms with Crippen molar-refractivity contribution in [3.05, 3.63) is 70.1 Å². The summed E-state index contributed by atoms with van der Waals surface area (Å²) in [7, 11) is -4.10. The summed E-state index contributed by atoms with van der Waals surface area (Å²) in [6.45, 7) is 3.68. The number of nitrogens with one attached hydrogen (secondary N) is 3. The number of hydrogen-bond donors (Lipinski definition) is 3. The molecule has 7 nitrogen and oxygen atoms in total. The topological polar surface area (TPSA) is 104 Å². The van der Waals surface area contributed by atoms with Gasteiger partial charge in [-0.25, -0.2) is 4.39 Å². The molecule has 0 saturated carbocycles. The molecular formula is C18H16ClFN4O3S. The van der Waals surface area contributed by atoms with Crippen LogP contribution >= 0.6 is 11.6 Å². The predicted octanol–water partition coefficient (Wildman–Crippen LogP) is 3.87. The van der Waals surface area contributed by atoms with Gasteiger partial charge in [0.1, 0.15) is 5.82 Å². The van der Waals surface area contributed by atoms with Crippen molar-refractivity contribution in [2.24, 2.45) is 0 Å². The molecule has 10 heteroatoms. The quantitative estimate of drug-likeness (QED) is 0.580. The van der Waals surface area contributed by atoms with Crippen molar-refractivity contribution in [2.45, 2.75) is 18.9 Å². The lowest BCUT2D eigenvalue weighted by Gasteiger charge is -2.10. The lowest BCUT2D eigenvalue weighted by atomic mass is 10.1. The molecule has 0 bridgehead atoms. The second kappa shape index (κ2) is 7.61. The molecule has 28 heavy (non-hydrogen) atoms. The first kappa shape index (κ1) is 19.8. The standard InChI is InChI=1S/C18H16ClFN4O3S/c1-10-5-11(2)7-13(6-10)24-28(26,27)18-14(9-21-23-18)17(25)22-12-3-4-16(20)15(19)8-12/h3-9,24H,1-2H3,(H,21,23)(H,22,25). The molecule has 0 radical (unpaired) electrons. The summed E-state index contributed by atoms with van der Waals surface area (Å²) in [5, 5.41) is 7.91. The van der Waals surface area contributed by atoms with Gasteiger partial charge in [0.15, 0.2) is 5.03 Å². The number of carbonyl (C=O) groups is 1. The molecule has 0 spiro atoms. The molecular weight excluding hydrogens is 407 g/mol. The summed E-state index contributed by atoms with van der Waals surface area (Å²) in [4.78, 5) is 12.5. The van der Waals surface area contributed by atoms with Crippen LogP contribution in [0.3, 0.4) is 0 Å². The van der Waals surface area contributed by atoms with Crippen molar-refractivity contribution in [3.63, 3.8) is 0 Å². The third-order valence-corrected chi connectivity index (χ3v) is 5.41. The van der Waals surface area contributed by atoms with Crippen LogP contribution in [0.15, 0.2) is 47.6 Å². The Bertz CT molecular complexity index is 1140. The highest BCUT2D eigenvalue weighted by atomic mass is 35.5. The number of sulfonamides is 1. The monoisotopic (exact) mass is 422 g/mol. The summed E-state index contributed by atoms with van der Waals surface area (Å²) >= 11 is 5.69. The fourth-order valence-corrected chi connectivity index (χ4v) is 3.97. The van der Waals surface area contributed by atoms with Crippen LogP contribution in [0.5, 0.6) is 0 Å². The number of aryl methyl sites for hydroxylation is 2. The Morgan fingerprint density at radius 2 is 1.79 bits per heavy atom. The van der Waals surface area contributed by atoms with Gasteiger partial charge in [-0.2, -0.15) is 13.5 Å². The van der Waals surface area contributed by atoms with Crippen LogP contribution in [0.1, 0.15) is 21.5 Å². The van der Waals surface area contributed by atoms with Crippen LogP contribution in [0.2, 0.25) is 5.02 Å². The minimum atomic E-state index is -4.10. The molecule has 0 unspecified atom stereocenters. The molecule has 0 aliphatic rings. The maximum absolute atomic E-state index is 13.2. The van der Waals surface area contributed by atoms with E-state index in [9.17, 15) is 17.6 Å². The number of nitrogens with zero attached hydrogens (tertiary/aromatic N) is 1. The first-order valence-electron chi connectivity index (χ1n) is 8.06. The van der Waals surface area contributed by atoms with Crippen molar-refractivity contribution in [1.29, 1.82) is 0 Å². The number of benzene rings is 2. The largest absolute Gasteiger partial charge is 0.322 e. The van der Waals surface area contributed by atoms with Crippen molar-refractivity contribution in [3.8, 4) is 0 Å². The van der Waals surface area contributed by atoms with Crippen molar-refractivity contribution in [1.82, 2.24) is 10.2 Å². The number of carbonyl (C=O) groups excluding carboxylic acids is 1. The lowest BCUT2D eigenvalue weighted by molar-refractivity contribution is 0.102. The number of H-pyrrole nitrogens is 1. The van der Waals surface area contributed by atoms with Crippen LogP contribution in [0.25, 0.3) is 0 Å². The second-order valence-electron chi connectivity index (χ2n) is 6.18. The van der Waals surface area contributed by atoms with Gasteiger partial charge in [0.2, 0.25) is 0 Å². The van der Waals surface area contributed by atoms with Crippen LogP contribution in [-0.4, -0.2) is 24.5 Å². The van der Waals surface area contributed by atoms with E-state index < -0.39 is 26.8 Å². The Hall–Kier alpha value is -2.91. The van der Waals surface area contributed by atoms with E-state index in [1.54, 1.807) is 12.1 Å². The molecule has 0 aliphatic heterocycles. The highest BCUT2D eigenvalue weighted by molar-refractivity contribution is 7.92. The minimum absolute atomic E-state index is 0.172. The molecule has 0 aliphatic carbocycles. The summed E-state index contributed by atoms with van der Waals surface area (Å²) < 4.78 is 41.1. The van der Waals surface area contributed by atoms with Gasteiger partial charge in [0.25, 0.3) is 15.9 Å². The number of halogens is 2. The van der Waals surface area contributed by atoms with Crippen LogP contribution in [0.4, 0.5) is 15.8 Å². The average molecular weight is 423 g/mol. The average Bonchev–Trinajstić information content (AvgIpc) is 3.07. The van der Waals surface area contributed by atoms with Gasteiger partial charge in [0.05, 0.1) is 16.8 Å². The van der Waals surface area contributed by atoms with Gasteiger partial charge >= 0.3 is 0 Å². The van der Waals surface area contributed by atoms with Crippen LogP contribution < -0.4 is 10.0 Å². The summed E-state index contributed by atoms with van der Waals surface area (Å²) in [6, 6.07) is 8.85. The molecule has 1 aromatic heterocycles. The summed E-state index contributed by atoms with van der Waals surface area (Å²) in [5.41, 5.74) is 2.14. The van der Waals surface area contributed by atoms with E-state index in [0.29, 0.717) is 5.69 Å². The summed E-state index contributed by atoms with van der Waals surface area (Å²) in [5.74, 6) is -1.37. The van der Waals surface area contributed by atoms with E-state index >= 15 is 0 Å². The molecule has 1 amide bonds. The normalized spacial score (nSPS) is 11.3. The molecule has 2 aromatic carbocycles. The number of aromatic amines is 1. The van der Waals surface area contributed by atoms with E-state index in [1.807, 2.05) is 19.9 Å². The minimum Gasteiger partial charge on any atom is -0.322 e. The number of anilines is 2. The first-order chi connectivity index (χ1) is 13.2. The Morgan fingerprint density at radius 3 is 2.43 bits per heavy atom. The number of aromatic nitrogens is 2. The zero-order valence-electron chi connectivity index (χ0n) is 14.9. The highest BCUT2D eigenvalue weighted by Gasteiger charge is 2.25. The van der Waals surface area contributed by atoms with Crippen molar-refractivity contribution < 1.29 is 17.6 Å². The molecule has 0 fully saturated rings. The lowest BCUT2D eigenvalue weighted by Crippen LogP contribution is -2.20. The molecule has 3 aromatic rings. The maximum Gasteiger partial charge on any atom is 0.279 e. The molecule has 1 heterocycles. The Labute approximate surface area is 166 Å². The molecule has 0 saturated heterocycles. The van der Waals surface area contributed by atoms with Gasteiger partial charge in [0, 0.05) is 11.4 Å². The van der Waals surface area contributed by atoms with Gasteiger partial charge in [-0.3, -0.25) is 14.6 Å². The van der Waals surface area contributed by atoms with Gasteiger partial charge in [-0.05, 0) is 55.3 Å². The van der Waals surface area contributed by atoms with Crippen molar-refractivity contribution >= 4 is 38.9 Å². The fourth-order valence-electron chi connectivity index (χ4n) is 2.65. The Kier molecular flexibility index (Phi) is 5.39. The SMILES string of the molecule is Cc1cc(C)cc(NS(=O)(=O)c2[nH]ncc2C(=O)Nc2ccc(F)c(Cl)c2)c1. The second-order valence-corrected chi connectivity index (χ2v) is 8.20. The maximum atomic E-state index is 13.2. The number of amides is 1. The fraction of sp³-hybridized carbons (Fsp3) is 0.111. The summed E-state index contributed by atoms with van der Waals surface area (Å²) in [6.07, 6.45) is 1.09. The number of hydrogen-bond acceptors (Lipinski definition) is 4. The van der Waals surface area contributed by atoms with Gasteiger partial charge in [-0.15, -0.1) is 0 Å². The van der Waals surface area contributed by atoms with Gasteiger partial charge in [-0.1, -0.05) is 17.7 Å². The molecule has 3 rings (SSSR count). The smallest absolute Gasteiger partial charge is 0.279 e. The molecule has 146 valence electrons. The highest BCUT2D eigenvalue weighted by Crippen LogP contribution is 2.23. The van der Waals surface area contributed by atoms with E-state index in [-0.39, 0.29) is 16.3 Å². The van der Waals surface area contributed by atoms with Gasteiger partial charge < -0.3 is 5.32 Å². The van der Waals surface area contributed by atoms with E-state index in [2.05, 4.69) is 20.2 Å². The van der Waals surface area contributed by atoms with E-state index in [1.165, 1.54) is 12.1 Å². The van der Waals surface area contributed by atoms with Crippen LogP contribution in [0, 0.1) is 19.7 Å². The number of rotatable bonds is 5. The zero-order chi connectivity index (χ0) is 20.5. The molecule has 0 atom stereocenters. The molecule has 3 N–H and O–H groups in total. The Morgan fingerprint density at radius 1 is 1.11 bits per heavy atom. The Balaban J connectivity index is 1.87. The van der Waals surface area contributed by atoms with Crippen LogP contribution in [-0.2, 0) is 10.0 Å². The first-order valence-corrected chi connectivity index (χ1v) is 9.93. The van der Waals surface area contributed by atoms with Crippen molar-refractivity contribution in [2.75, 3.05) is 10.0 Å². The third-order valence-electron chi connectivity index (χ3n) is 3.77.